The van der Waals surface area contributed by atoms with Crippen molar-refractivity contribution < 1.29 is 9.53 Å². The molecule has 0 atom stereocenters. The number of carbonyl (C=O) groups is 1. The number of pyridine rings is 1. The van der Waals surface area contributed by atoms with Gasteiger partial charge >= 0.3 is 0 Å². The quantitative estimate of drug-likeness (QED) is 0.416. The Morgan fingerprint density at radius 2 is 2.10 bits per heavy atom. The molecule has 3 heterocycles. The van der Waals surface area contributed by atoms with E-state index in [0.29, 0.717) is 39.4 Å². The van der Waals surface area contributed by atoms with Gasteiger partial charge in [0, 0.05) is 25.9 Å². The Bertz CT molecular complexity index is 1060. The van der Waals surface area contributed by atoms with Crippen molar-refractivity contribution in [2.45, 2.75) is 38.1 Å². The molecule has 1 aliphatic carbocycles. The summed E-state index contributed by atoms with van der Waals surface area (Å²) in [5.74, 6) is 0.323. The fourth-order valence-corrected chi connectivity index (χ4v) is 5.29. The molecule has 7 nitrogen and oxygen atoms in total. The molecule has 1 aliphatic heterocycles. The minimum atomic E-state index is -0.233. The summed E-state index contributed by atoms with van der Waals surface area (Å²) in [6.45, 7) is 0.967. The van der Waals surface area contributed by atoms with Gasteiger partial charge in [-0.3, -0.25) is 18.9 Å². The minimum Gasteiger partial charge on any atom is -0.383 e. The standard InChI is InChI=1S/C21H24N4O3S2/c1-28-12-10-22-18-15(19(26)24-11-6-5-9-17(24)23-18)13-16-20(27)25(21(29)30-16)14-7-3-2-4-8-14/h5-6,9,11,13-14,22H,2-4,7-8,10,12H2,1H3/b16-13-. The number of thioether (sulfide) groups is 1. The zero-order valence-electron chi connectivity index (χ0n) is 16.8. The van der Waals surface area contributed by atoms with Crippen LogP contribution in [-0.4, -0.2) is 50.8 Å². The third-order valence-electron chi connectivity index (χ3n) is 5.41. The van der Waals surface area contributed by atoms with Crippen molar-refractivity contribution in [1.82, 2.24) is 14.3 Å². The Morgan fingerprint density at radius 3 is 2.87 bits per heavy atom. The molecule has 1 saturated heterocycles. The Kier molecular flexibility index (Phi) is 6.50. The van der Waals surface area contributed by atoms with E-state index in [9.17, 15) is 9.59 Å². The number of aromatic nitrogens is 2. The van der Waals surface area contributed by atoms with Crippen molar-refractivity contribution in [3.05, 3.63) is 45.2 Å². The summed E-state index contributed by atoms with van der Waals surface area (Å²) in [4.78, 5) is 33.1. The molecule has 1 amide bonds. The molecule has 2 fully saturated rings. The molecular formula is C21H24N4O3S2. The molecule has 4 rings (SSSR count). The summed E-state index contributed by atoms with van der Waals surface area (Å²) in [7, 11) is 1.61. The molecule has 2 aromatic heterocycles. The van der Waals surface area contributed by atoms with E-state index < -0.39 is 0 Å². The third kappa shape index (κ3) is 4.14. The van der Waals surface area contributed by atoms with Crippen LogP contribution >= 0.6 is 24.0 Å². The van der Waals surface area contributed by atoms with Gasteiger partial charge in [0.15, 0.2) is 0 Å². The highest BCUT2D eigenvalue weighted by Gasteiger charge is 2.37. The van der Waals surface area contributed by atoms with Gasteiger partial charge in [-0.1, -0.05) is 49.3 Å². The van der Waals surface area contributed by atoms with E-state index in [1.54, 1.807) is 36.4 Å². The first-order valence-corrected chi connectivity index (χ1v) is 11.3. The first-order valence-electron chi connectivity index (χ1n) is 10.1. The zero-order valence-corrected chi connectivity index (χ0v) is 18.4. The van der Waals surface area contributed by atoms with Crippen molar-refractivity contribution in [3.63, 3.8) is 0 Å². The van der Waals surface area contributed by atoms with Gasteiger partial charge in [0.1, 0.15) is 15.8 Å². The molecule has 30 heavy (non-hydrogen) atoms. The molecule has 1 N–H and O–H groups in total. The SMILES string of the molecule is COCCNc1nc2ccccn2c(=O)c1/C=C1\SC(=S)N(C2CCCCC2)C1=O. The van der Waals surface area contributed by atoms with Crippen LogP contribution in [0.3, 0.4) is 0 Å². The lowest BCUT2D eigenvalue weighted by Crippen LogP contribution is -2.39. The van der Waals surface area contributed by atoms with Crippen LogP contribution in [0.5, 0.6) is 0 Å². The summed E-state index contributed by atoms with van der Waals surface area (Å²) in [6, 6.07) is 5.54. The predicted molar refractivity (Wildman–Crippen MR) is 124 cm³/mol. The lowest BCUT2D eigenvalue weighted by atomic mass is 9.94. The first kappa shape index (κ1) is 21.0. The van der Waals surface area contributed by atoms with Gasteiger partial charge in [-0.15, -0.1) is 0 Å². The van der Waals surface area contributed by atoms with Crippen LogP contribution in [0, 0.1) is 0 Å². The van der Waals surface area contributed by atoms with E-state index in [0.717, 1.165) is 25.7 Å². The van der Waals surface area contributed by atoms with Crippen molar-refractivity contribution in [1.29, 1.82) is 0 Å². The van der Waals surface area contributed by atoms with Crippen LogP contribution in [0.4, 0.5) is 5.82 Å². The van der Waals surface area contributed by atoms with Crippen LogP contribution in [0.1, 0.15) is 37.7 Å². The fraction of sp³-hybridized carbons (Fsp3) is 0.429. The zero-order chi connectivity index (χ0) is 21.1. The normalized spacial score (nSPS) is 19.2. The van der Waals surface area contributed by atoms with Crippen molar-refractivity contribution in [2.75, 3.05) is 25.6 Å². The van der Waals surface area contributed by atoms with E-state index in [1.807, 2.05) is 6.07 Å². The number of rotatable bonds is 6. The van der Waals surface area contributed by atoms with Crippen LogP contribution in [-0.2, 0) is 9.53 Å². The average Bonchev–Trinajstić information content (AvgIpc) is 3.04. The van der Waals surface area contributed by atoms with Gasteiger partial charge < -0.3 is 10.1 Å². The van der Waals surface area contributed by atoms with Crippen LogP contribution in [0.15, 0.2) is 34.1 Å². The number of carbonyl (C=O) groups excluding carboxylic acids is 1. The molecule has 0 spiro atoms. The number of thiocarbonyl (C=S) groups is 1. The van der Waals surface area contributed by atoms with Gasteiger partial charge in [-0.05, 0) is 31.1 Å². The summed E-state index contributed by atoms with van der Waals surface area (Å²) in [5, 5.41) is 3.16. The molecule has 158 valence electrons. The van der Waals surface area contributed by atoms with Crippen LogP contribution < -0.4 is 10.9 Å². The predicted octanol–water partition coefficient (Wildman–Crippen LogP) is 3.29. The smallest absolute Gasteiger partial charge is 0.267 e. The molecule has 0 radical (unpaired) electrons. The van der Waals surface area contributed by atoms with Crippen molar-refractivity contribution in [3.8, 4) is 0 Å². The Labute approximate surface area is 184 Å². The number of nitrogens with one attached hydrogen (secondary N) is 1. The minimum absolute atomic E-state index is 0.114. The topological polar surface area (TPSA) is 75.9 Å². The van der Waals surface area contributed by atoms with E-state index in [2.05, 4.69) is 10.3 Å². The molecular weight excluding hydrogens is 420 g/mol. The van der Waals surface area contributed by atoms with E-state index >= 15 is 0 Å². The van der Waals surface area contributed by atoms with E-state index in [-0.39, 0.29) is 17.5 Å². The lowest BCUT2D eigenvalue weighted by molar-refractivity contribution is -0.124. The second-order valence-corrected chi connectivity index (χ2v) is 9.05. The number of nitrogens with zero attached hydrogens (tertiary/aromatic N) is 3. The number of hydrogen-bond donors (Lipinski definition) is 1. The number of ether oxygens (including phenoxy) is 1. The maximum atomic E-state index is 13.2. The summed E-state index contributed by atoms with van der Waals surface area (Å²) in [6.07, 6.45) is 8.69. The second kappa shape index (κ2) is 9.28. The molecule has 2 aromatic rings. The number of hydrogen-bond acceptors (Lipinski definition) is 7. The maximum Gasteiger partial charge on any atom is 0.267 e. The van der Waals surface area contributed by atoms with Gasteiger partial charge in [-0.25, -0.2) is 4.98 Å². The highest BCUT2D eigenvalue weighted by atomic mass is 32.2. The Morgan fingerprint density at radius 1 is 1.30 bits per heavy atom. The molecule has 0 bridgehead atoms. The van der Waals surface area contributed by atoms with Gasteiger partial charge in [-0.2, -0.15) is 0 Å². The molecule has 9 heteroatoms. The summed E-state index contributed by atoms with van der Waals surface area (Å²) < 4.78 is 7.15. The second-order valence-electron chi connectivity index (χ2n) is 7.37. The van der Waals surface area contributed by atoms with E-state index in [4.69, 9.17) is 17.0 Å². The average molecular weight is 445 g/mol. The van der Waals surface area contributed by atoms with Crippen LogP contribution in [0.25, 0.3) is 11.7 Å². The number of anilines is 1. The third-order valence-corrected chi connectivity index (χ3v) is 6.74. The molecule has 0 unspecified atom stereocenters. The lowest BCUT2D eigenvalue weighted by Gasteiger charge is -2.29. The largest absolute Gasteiger partial charge is 0.383 e. The highest BCUT2D eigenvalue weighted by Crippen LogP contribution is 2.37. The summed E-state index contributed by atoms with van der Waals surface area (Å²) >= 11 is 6.78. The van der Waals surface area contributed by atoms with Crippen molar-refractivity contribution >= 4 is 51.7 Å². The number of fused-ring (bicyclic) bond motifs is 1. The molecule has 2 aliphatic rings. The molecule has 1 saturated carbocycles. The van der Waals surface area contributed by atoms with Crippen molar-refractivity contribution in [2.24, 2.45) is 0 Å². The van der Waals surface area contributed by atoms with Gasteiger partial charge in [0.2, 0.25) is 0 Å². The van der Waals surface area contributed by atoms with Crippen LogP contribution in [0.2, 0.25) is 0 Å². The number of amides is 1. The van der Waals surface area contributed by atoms with Gasteiger partial charge in [0.05, 0.1) is 17.1 Å². The first-order chi connectivity index (χ1) is 14.6. The fourth-order valence-electron chi connectivity index (χ4n) is 3.90. The Balaban J connectivity index is 1.72. The number of methoxy groups -OCH3 is 1. The monoisotopic (exact) mass is 444 g/mol. The van der Waals surface area contributed by atoms with E-state index in [1.165, 1.54) is 22.6 Å². The maximum absolute atomic E-state index is 13.2. The highest BCUT2D eigenvalue weighted by molar-refractivity contribution is 8.26. The summed E-state index contributed by atoms with van der Waals surface area (Å²) in [5.41, 5.74) is 0.650. The Hall–Kier alpha value is -2.23. The molecule has 0 aromatic carbocycles. The van der Waals surface area contributed by atoms with Gasteiger partial charge in [0.25, 0.3) is 11.5 Å².